The maximum atomic E-state index is 12.6. The Hall–Kier alpha value is -1.17. The molecule has 0 spiro atoms. The molecule has 0 heterocycles. The van der Waals surface area contributed by atoms with Gasteiger partial charge in [-0.05, 0) is 62.6 Å². The molecule has 118 valence electrons. The second-order valence-corrected chi connectivity index (χ2v) is 8.55. The molecule has 2 rings (SSSR count). The highest BCUT2D eigenvalue weighted by molar-refractivity contribution is 9.10. The summed E-state index contributed by atoms with van der Waals surface area (Å²) in [5.41, 5.74) is 2.22. The summed E-state index contributed by atoms with van der Waals surface area (Å²) in [4.78, 5) is 0.284. The van der Waals surface area contributed by atoms with E-state index in [1.54, 1.807) is 18.2 Å². The molecule has 0 atom stereocenters. The molecule has 0 aliphatic carbocycles. The van der Waals surface area contributed by atoms with Crippen molar-refractivity contribution in [2.24, 2.45) is 0 Å². The first-order valence-corrected chi connectivity index (χ1v) is 9.27. The lowest BCUT2D eigenvalue weighted by atomic mass is 9.95. The summed E-state index contributed by atoms with van der Waals surface area (Å²) in [7, 11) is -3.58. The first kappa shape index (κ1) is 17.2. The zero-order valence-corrected chi connectivity index (χ0v) is 15.5. The number of rotatable bonds is 4. The fourth-order valence-electron chi connectivity index (χ4n) is 2.22. The third-order valence-corrected chi connectivity index (χ3v) is 6.09. The van der Waals surface area contributed by atoms with Crippen LogP contribution in [0, 0.1) is 13.8 Å². The summed E-state index contributed by atoms with van der Waals surface area (Å²) in [6, 6.07) is 12.8. The lowest BCUT2D eigenvalue weighted by Gasteiger charge is -2.27. The number of aryl methyl sites for hydroxylation is 2. The van der Waals surface area contributed by atoms with Crippen molar-refractivity contribution in [3.05, 3.63) is 63.6 Å². The van der Waals surface area contributed by atoms with Crippen LogP contribution < -0.4 is 4.72 Å². The molecule has 0 aliphatic heterocycles. The summed E-state index contributed by atoms with van der Waals surface area (Å²) in [5.74, 6) is 0. The number of sulfonamides is 1. The van der Waals surface area contributed by atoms with E-state index in [4.69, 9.17) is 0 Å². The summed E-state index contributed by atoms with van der Waals surface area (Å²) >= 11 is 3.50. The highest BCUT2D eigenvalue weighted by Gasteiger charge is 2.28. The van der Waals surface area contributed by atoms with Crippen molar-refractivity contribution < 1.29 is 8.42 Å². The van der Waals surface area contributed by atoms with Crippen LogP contribution in [0.15, 0.2) is 51.8 Å². The third-order valence-electron chi connectivity index (χ3n) is 3.58. The van der Waals surface area contributed by atoms with Crippen molar-refractivity contribution in [2.75, 3.05) is 0 Å². The zero-order valence-electron chi connectivity index (χ0n) is 13.1. The van der Waals surface area contributed by atoms with Crippen LogP contribution in [0.4, 0.5) is 0 Å². The Morgan fingerprint density at radius 2 is 1.73 bits per heavy atom. The Balaban J connectivity index is 2.36. The van der Waals surface area contributed by atoms with Crippen LogP contribution in [0.25, 0.3) is 0 Å². The van der Waals surface area contributed by atoms with Crippen LogP contribution in [0.1, 0.15) is 30.5 Å². The van der Waals surface area contributed by atoms with Gasteiger partial charge in [0.1, 0.15) is 0 Å². The third kappa shape index (κ3) is 3.77. The number of benzene rings is 2. The first-order valence-electron chi connectivity index (χ1n) is 6.99. The predicted octanol–water partition coefficient (Wildman–Crippen LogP) is 4.28. The lowest BCUT2D eigenvalue weighted by molar-refractivity contribution is 0.472. The van der Waals surface area contributed by atoms with Gasteiger partial charge < -0.3 is 0 Å². The van der Waals surface area contributed by atoms with E-state index < -0.39 is 15.6 Å². The fraction of sp³-hybridized carbons (Fsp3) is 0.294. The number of hydrogen-bond donors (Lipinski definition) is 1. The van der Waals surface area contributed by atoms with Gasteiger partial charge in [-0.15, -0.1) is 0 Å². The molecule has 0 bridgehead atoms. The average molecular weight is 382 g/mol. The van der Waals surface area contributed by atoms with Gasteiger partial charge in [-0.2, -0.15) is 0 Å². The van der Waals surface area contributed by atoms with Crippen molar-refractivity contribution in [1.82, 2.24) is 4.72 Å². The quantitative estimate of drug-likeness (QED) is 0.858. The van der Waals surface area contributed by atoms with Crippen molar-refractivity contribution in [1.29, 1.82) is 0 Å². The molecule has 3 nitrogen and oxygen atoms in total. The molecule has 2 aromatic rings. The molecule has 0 saturated heterocycles. The molecule has 0 fully saturated rings. The summed E-state index contributed by atoms with van der Waals surface area (Å²) in [5, 5.41) is 0. The minimum Gasteiger partial charge on any atom is -0.207 e. The lowest BCUT2D eigenvalue weighted by Crippen LogP contribution is -2.40. The number of nitrogens with one attached hydrogen (secondary N) is 1. The van der Waals surface area contributed by atoms with Crippen molar-refractivity contribution in [2.45, 2.75) is 38.1 Å². The normalized spacial score (nSPS) is 12.4. The molecular weight excluding hydrogens is 362 g/mol. The van der Waals surface area contributed by atoms with Gasteiger partial charge in [0.15, 0.2) is 0 Å². The van der Waals surface area contributed by atoms with Crippen LogP contribution in [0.5, 0.6) is 0 Å². The minimum absolute atomic E-state index is 0.284. The number of hydrogen-bond acceptors (Lipinski definition) is 2. The van der Waals surface area contributed by atoms with E-state index in [1.165, 1.54) is 0 Å². The topological polar surface area (TPSA) is 46.2 Å². The molecular formula is C17H20BrNO2S. The summed E-state index contributed by atoms with van der Waals surface area (Å²) < 4.78 is 29.0. The number of halogens is 1. The van der Waals surface area contributed by atoms with Crippen LogP contribution in [-0.4, -0.2) is 8.42 Å². The Labute approximate surface area is 140 Å². The van der Waals surface area contributed by atoms with Gasteiger partial charge in [0.05, 0.1) is 10.4 Å². The van der Waals surface area contributed by atoms with Gasteiger partial charge in [-0.25, -0.2) is 13.1 Å². The van der Waals surface area contributed by atoms with E-state index in [9.17, 15) is 8.42 Å². The van der Waals surface area contributed by atoms with E-state index in [-0.39, 0.29) is 4.90 Å². The van der Waals surface area contributed by atoms with E-state index in [1.807, 2.05) is 52.0 Å². The average Bonchev–Trinajstić information content (AvgIpc) is 2.40. The van der Waals surface area contributed by atoms with Crippen LogP contribution in [-0.2, 0) is 15.6 Å². The van der Waals surface area contributed by atoms with Gasteiger partial charge in [-0.1, -0.05) is 40.2 Å². The first-order chi connectivity index (χ1) is 10.1. The molecule has 0 aliphatic rings. The van der Waals surface area contributed by atoms with Crippen LogP contribution >= 0.6 is 15.9 Å². The highest BCUT2D eigenvalue weighted by atomic mass is 79.9. The standard InChI is InChI=1S/C17H20BrNO2S/c1-12-6-5-7-15(10-12)22(20,21)19-17(3,4)14-9-8-13(2)16(18)11-14/h5-11,19H,1-4H3. The van der Waals surface area contributed by atoms with Crippen molar-refractivity contribution in [3.63, 3.8) is 0 Å². The molecule has 0 radical (unpaired) electrons. The van der Waals surface area contributed by atoms with E-state index in [0.29, 0.717) is 0 Å². The maximum Gasteiger partial charge on any atom is 0.241 e. The SMILES string of the molecule is Cc1cccc(S(=O)(=O)NC(C)(C)c2ccc(C)c(Br)c2)c1. The molecule has 0 aromatic heterocycles. The molecule has 0 saturated carbocycles. The van der Waals surface area contributed by atoms with Gasteiger partial charge in [0.2, 0.25) is 10.0 Å². The Bertz CT molecular complexity index is 798. The largest absolute Gasteiger partial charge is 0.241 e. The molecule has 0 unspecified atom stereocenters. The Morgan fingerprint density at radius 3 is 2.32 bits per heavy atom. The van der Waals surface area contributed by atoms with E-state index in [0.717, 1.165) is 21.2 Å². The molecule has 1 N–H and O–H groups in total. The van der Waals surface area contributed by atoms with Gasteiger partial charge >= 0.3 is 0 Å². The Morgan fingerprint density at radius 1 is 1.05 bits per heavy atom. The van der Waals surface area contributed by atoms with Crippen molar-refractivity contribution in [3.8, 4) is 0 Å². The second-order valence-electron chi connectivity index (χ2n) is 6.01. The predicted molar refractivity (Wildman–Crippen MR) is 93.4 cm³/mol. The van der Waals surface area contributed by atoms with E-state index >= 15 is 0 Å². The van der Waals surface area contributed by atoms with Crippen LogP contribution in [0.2, 0.25) is 0 Å². The smallest absolute Gasteiger partial charge is 0.207 e. The minimum atomic E-state index is -3.58. The molecule has 22 heavy (non-hydrogen) atoms. The Kier molecular flexibility index (Phi) is 4.80. The van der Waals surface area contributed by atoms with Gasteiger partial charge in [-0.3, -0.25) is 0 Å². The highest BCUT2D eigenvalue weighted by Crippen LogP contribution is 2.27. The van der Waals surface area contributed by atoms with Gasteiger partial charge in [0.25, 0.3) is 0 Å². The monoisotopic (exact) mass is 381 g/mol. The summed E-state index contributed by atoms with van der Waals surface area (Å²) in [6.45, 7) is 7.59. The second kappa shape index (κ2) is 6.14. The molecule has 5 heteroatoms. The summed E-state index contributed by atoms with van der Waals surface area (Å²) in [6.07, 6.45) is 0. The molecule has 0 amide bonds. The van der Waals surface area contributed by atoms with Crippen LogP contribution in [0.3, 0.4) is 0 Å². The molecule has 2 aromatic carbocycles. The zero-order chi connectivity index (χ0) is 16.5. The maximum absolute atomic E-state index is 12.6. The fourth-order valence-corrected chi connectivity index (χ4v) is 4.10. The van der Waals surface area contributed by atoms with Gasteiger partial charge in [0, 0.05) is 4.47 Å². The van der Waals surface area contributed by atoms with Crippen molar-refractivity contribution >= 4 is 26.0 Å². The van der Waals surface area contributed by atoms with E-state index in [2.05, 4.69) is 20.7 Å².